The van der Waals surface area contributed by atoms with Crippen LogP contribution in [0.15, 0.2) is 4.47 Å². The van der Waals surface area contributed by atoms with E-state index in [1.165, 1.54) is 0 Å². The lowest BCUT2D eigenvalue weighted by molar-refractivity contribution is 0.589. The van der Waals surface area contributed by atoms with Gasteiger partial charge in [-0.15, -0.1) is 0 Å². The second kappa shape index (κ2) is 4.67. The number of nitrogen functional groups attached to an aromatic ring is 1. The summed E-state index contributed by atoms with van der Waals surface area (Å²) in [4.78, 5) is 8.19. The molecule has 5 nitrogen and oxygen atoms in total. The lowest BCUT2D eigenvalue weighted by atomic mass is 10.3. The van der Waals surface area contributed by atoms with Crippen molar-refractivity contribution in [2.45, 2.75) is 25.5 Å². The first-order valence-electron chi connectivity index (χ1n) is 4.78. The molecule has 1 atom stereocenters. The van der Waals surface area contributed by atoms with Crippen LogP contribution >= 0.6 is 15.9 Å². The van der Waals surface area contributed by atoms with E-state index in [1.54, 1.807) is 6.92 Å². The fourth-order valence-corrected chi connectivity index (χ4v) is 2.09. The minimum absolute atomic E-state index is 0.250. The minimum atomic E-state index is -3.21. The minimum Gasteiger partial charge on any atom is -0.383 e. The van der Waals surface area contributed by atoms with E-state index in [4.69, 9.17) is 5.73 Å². The van der Waals surface area contributed by atoms with Crippen molar-refractivity contribution in [3.05, 3.63) is 16.0 Å². The highest BCUT2D eigenvalue weighted by Gasteiger charge is 2.22. The fourth-order valence-electron chi connectivity index (χ4n) is 1.14. The summed E-state index contributed by atoms with van der Waals surface area (Å²) in [5.41, 5.74) is 6.41. The van der Waals surface area contributed by atoms with Gasteiger partial charge < -0.3 is 5.73 Å². The summed E-state index contributed by atoms with van der Waals surface area (Å²) in [5, 5.41) is -0.742. The molecule has 0 bridgehead atoms. The maximum absolute atomic E-state index is 11.4. The third kappa shape index (κ3) is 2.70. The molecule has 0 aliphatic heterocycles. The standard InChI is InChI=1S/C9H14BrN3O2S/c1-4-6-7(10)8(11)13-9(12-6)5(2)16(3,14)15/h5H,4H2,1-3H3,(H2,11,12,13). The van der Waals surface area contributed by atoms with Gasteiger partial charge >= 0.3 is 0 Å². The molecule has 1 unspecified atom stereocenters. The molecule has 7 heteroatoms. The molecule has 0 fully saturated rings. The quantitative estimate of drug-likeness (QED) is 0.914. The van der Waals surface area contributed by atoms with Crippen molar-refractivity contribution < 1.29 is 8.42 Å². The molecule has 1 heterocycles. The maximum atomic E-state index is 11.4. The summed E-state index contributed by atoms with van der Waals surface area (Å²) in [6, 6.07) is 0. The van der Waals surface area contributed by atoms with Gasteiger partial charge in [0.2, 0.25) is 0 Å². The van der Waals surface area contributed by atoms with Gasteiger partial charge in [-0.25, -0.2) is 18.4 Å². The number of hydrogen-bond donors (Lipinski definition) is 1. The van der Waals surface area contributed by atoms with Crippen molar-refractivity contribution in [2.24, 2.45) is 0 Å². The summed E-state index contributed by atoms with van der Waals surface area (Å²) in [6.07, 6.45) is 1.82. The first kappa shape index (κ1) is 13.4. The van der Waals surface area contributed by atoms with Crippen molar-refractivity contribution in [1.29, 1.82) is 0 Å². The number of hydrogen-bond acceptors (Lipinski definition) is 5. The largest absolute Gasteiger partial charge is 0.383 e. The average Bonchev–Trinajstić information content (AvgIpc) is 2.19. The van der Waals surface area contributed by atoms with Crippen LogP contribution in [0.3, 0.4) is 0 Å². The predicted molar refractivity (Wildman–Crippen MR) is 66.8 cm³/mol. The van der Waals surface area contributed by atoms with Crippen LogP contribution in [0.2, 0.25) is 0 Å². The predicted octanol–water partition coefficient (Wildman–Crippen LogP) is 1.49. The van der Waals surface area contributed by atoms with Crippen molar-refractivity contribution in [2.75, 3.05) is 12.0 Å². The maximum Gasteiger partial charge on any atom is 0.157 e. The van der Waals surface area contributed by atoms with Gasteiger partial charge in [-0.2, -0.15) is 0 Å². The molecule has 0 aliphatic rings. The van der Waals surface area contributed by atoms with Crippen LogP contribution in [-0.4, -0.2) is 24.6 Å². The number of nitrogens with zero attached hydrogens (tertiary/aromatic N) is 2. The molecule has 0 amide bonds. The van der Waals surface area contributed by atoms with E-state index in [1.807, 2.05) is 6.92 Å². The summed E-state index contributed by atoms with van der Waals surface area (Å²) in [5.74, 6) is 0.525. The van der Waals surface area contributed by atoms with Crippen molar-refractivity contribution >= 4 is 31.6 Å². The van der Waals surface area contributed by atoms with Crippen LogP contribution in [0.1, 0.15) is 30.6 Å². The van der Waals surface area contributed by atoms with E-state index in [-0.39, 0.29) is 11.6 Å². The van der Waals surface area contributed by atoms with Crippen LogP contribution in [0.25, 0.3) is 0 Å². The molecule has 0 spiro atoms. The second-order valence-electron chi connectivity index (χ2n) is 3.55. The Morgan fingerprint density at radius 3 is 2.44 bits per heavy atom. The van der Waals surface area contributed by atoms with Gasteiger partial charge in [0, 0.05) is 6.26 Å². The molecule has 90 valence electrons. The van der Waals surface area contributed by atoms with Gasteiger partial charge in [0.25, 0.3) is 0 Å². The number of aromatic nitrogens is 2. The summed E-state index contributed by atoms with van der Waals surface area (Å²) in [6.45, 7) is 3.47. The highest BCUT2D eigenvalue weighted by molar-refractivity contribution is 9.10. The molecule has 0 saturated heterocycles. The van der Waals surface area contributed by atoms with Gasteiger partial charge in [-0.05, 0) is 29.3 Å². The number of aryl methyl sites for hydroxylation is 1. The third-order valence-electron chi connectivity index (χ3n) is 2.30. The molecular weight excluding hydrogens is 294 g/mol. The Morgan fingerprint density at radius 2 is 2.00 bits per heavy atom. The Morgan fingerprint density at radius 1 is 1.44 bits per heavy atom. The van der Waals surface area contributed by atoms with Gasteiger partial charge in [0.05, 0.1) is 10.2 Å². The first-order chi connectivity index (χ1) is 7.27. The Balaban J connectivity index is 3.32. The lowest BCUT2D eigenvalue weighted by Crippen LogP contribution is -2.14. The molecule has 0 aliphatic carbocycles. The highest BCUT2D eigenvalue weighted by Crippen LogP contribution is 2.25. The van der Waals surface area contributed by atoms with Gasteiger partial charge in [0.15, 0.2) is 9.84 Å². The first-order valence-corrected chi connectivity index (χ1v) is 7.52. The van der Waals surface area contributed by atoms with Gasteiger partial charge in [0.1, 0.15) is 16.9 Å². The number of halogens is 1. The Kier molecular flexibility index (Phi) is 3.90. The van der Waals surface area contributed by atoms with Crippen LogP contribution in [0.5, 0.6) is 0 Å². The van der Waals surface area contributed by atoms with Crippen LogP contribution in [-0.2, 0) is 16.3 Å². The van der Waals surface area contributed by atoms with Gasteiger partial charge in [-0.1, -0.05) is 6.92 Å². The zero-order chi connectivity index (χ0) is 12.5. The molecule has 1 rings (SSSR count). The van der Waals surface area contributed by atoms with Crippen molar-refractivity contribution in [1.82, 2.24) is 9.97 Å². The summed E-state index contributed by atoms with van der Waals surface area (Å²) in [7, 11) is -3.21. The Hall–Kier alpha value is -0.690. The van der Waals surface area contributed by atoms with E-state index in [2.05, 4.69) is 25.9 Å². The van der Waals surface area contributed by atoms with Crippen molar-refractivity contribution in [3.8, 4) is 0 Å². The molecule has 0 saturated carbocycles. The zero-order valence-corrected chi connectivity index (χ0v) is 11.8. The third-order valence-corrected chi connectivity index (χ3v) is 4.66. The average molecular weight is 308 g/mol. The lowest BCUT2D eigenvalue weighted by Gasteiger charge is -2.11. The fraction of sp³-hybridized carbons (Fsp3) is 0.556. The highest BCUT2D eigenvalue weighted by atomic mass is 79.9. The van der Waals surface area contributed by atoms with Crippen LogP contribution < -0.4 is 5.73 Å². The number of rotatable bonds is 3. The summed E-state index contributed by atoms with van der Waals surface area (Å²) >= 11 is 3.27. The Labute approximate surface area is 104 Å². The molecule has 0 radical (unpaired) electrons. The number of anilines is 1. The molecular formula is C9H14BrN3O2S. The summed E-state index contributed by atoms with van der Waals surface area (Å²) < 4.78 is 23.4. The monoisotopic (exact) mass is 307 g/mol. The van der Waals surface area contributed by atoms with Crippen LogP contribution in [0.4, 0.5) is 5.82 Å². The second-order valence-corrected chi connectivity index (χ2v) is 6.71. The van der Waals surface area contributed by atoms with E-state index in [0.717, 1.165) is 11.9 Å². The topological polar surface area (TPSA) is 85.9 Å². The SMILES string of the molecule is CCc1nc(C(C)S(C)(=O)=O)nc(N)c1Br. The smallest absolute Gasteiger partial charge is 0.157 e. The number of sulfone groups is 1. The molecule has 1 aromatic heterocycles. The van der Waals surface area contributed by atoms with E-state index in [9.17, 15) is 8.42 Å². The van der Waals surface area contributed by atoms with E-state index < -0.39 is 15.1 Å². The van der Waals surface area contributed by atoms with E-state index in [0.29, 0.717) is 10.9 Å². The van der Waals surface area contributed by atoms with Gasteiger partial charge in [-0.3, -0.25) is 0 Å². The van der Waals surface area contributed by atoms with Crippen LogP contribution in [0, 0.1) is 0 Å². The molecule has 16 heavy (non-hydrogen) atoms. The van der Waals surface area contributed by atoms with E-state index >= 15 is 0 Å². The number of nitrogens with two attached hydrogens (primary N) is 1. The van der Waals surface area contributed by atoms with Crippen molar-refractivity contribution in [3.63, 3.8) is 0 Å². The molecule has 2 N–H and O–H groups in total. The molecule has 1 aromatic rings. The Bertz CT molecular complexity index is 502. The normalized spacial score (nSPS) is 13.8. The zero-order valence-electron chi connectivity index (χ0n) is 9.36. The molecule has 0 aromatic carbocycles.